The summed E-state index contributed by atoms with van der Waals surface area (Å²) < 4.78 is 22.8. The molecule has 0 atom stereocenters. The van der Waals surface area contributed by atoms with E-state index in [-0.39, 0.29) is 11.5 Å². The number of sulfone groups is 1. The number of aromatic nitrogens is 1. The van der Waals surface area contributed by atoms with Crippen molar-refractivity contribution in [3.8, 4) is 0 Å². The average molecular weight is 303 g/mol. The summed E-state index contributed by atoms with van der Waals surface area (Å²) in [6, 6.07) is 0. The second-order valence-corrected chi connectivity index (χ2v) is 8.67. The Balaban J connectivity index is 1.87. The fourth-order valence-corrected chi connectivity index (χ4v) is 4.05. The molecule has 0 bridgehead atoms. The second-order valence-electron chi connectivity index (χ2n) is 5.27. The summed E-state index contributed by atoms with van der Waals surface area (Å²) in [7, 11) is -2.82. The number of nitrogens with zero attached hydrogens (tertiary/aromatic N) is 2. The minimum absolute atomic E-state index is 0.244. The Kier molecular flexibility index (Phi) is 4.81. The molecule has 5 nitrogen and oxygen atoms in total. The normalized spacial score (nSPS) is 19.0. The van der Waals surface area contributed by atoms with Crippen molar-refractivity contribution in [1.29, 1.82) is 0 Å². The van der Waals surface area contributed by atoms with Gasteiger partial charge >= 0.3 is 0 Å². The Hall–Kier alpha value is -0.660. The van der Waals surface area contributed by atoms with Gasteiger partial charge in [0.1, 0.15) is 0 Å². The van der Waals surface area contributed by atoms with Crippen LogP contribution in [0.25, 0.3) is 0 Å². The smallest absolute Gasteiger partial charge is 0.185 e. The molecule has 0 spiro atoms. The van der Waals surface area contributed by atoms with Gasteiger partial charge in [-0.15, -0.1) is 11.3 Å². The lowest BCUT2D eigenvalue weighted by Crippen LogP contribution is -2.40. The lowest BCUT2D eigenvalue weighted by Gasteiger charge is -2.25. The SMILES string of the molecule is CC(C)CNCc1cnc(N2CCS(=O)(=O)CC2)s1. The van der Waals surface area contributed by atoms with Gasteiger partial charge in [0.05, 0.1) is 11.5 Å². The molecule has 0 unspecified atom stereocenters. The fourth-order valence-electron chi connectivity index (χ4n) is 1.91. The Labute approximate surface area is 119 Å². The molecule has 0 aliphatic carbocycles. The molecule has 1 N–H and O–H groups in total. The van der Waals surface area contributed by atoms with Crippen molar-refractivity contribution < 1.29 is 8.42 Å². The molecule has 1 aliphatic heterocycles. The molecule has 1 fully saturated rings. The van der Waals surface area contributed by atoms with E-state index >= 15 is 0 Å². The van der Waals surface area contributed by atoms with Crippen LogP contribution in [0.3, 0.4) is 0 Å². The zero-order valence-electron chi connectivity index (χ0n) is 11.4. The maximum absolute atomic E-state index is 11.4. The molecular weight excluding hydrogens is 282 g/mol. The zero-order valence-corrected chi connectivity index (χ0v) is 13.1. The predicted octanol–water partition coefficient (Wildman–Crippen LogP) is 1.12. The number of hydrogen-bond acceptors (Lipinski definition) is 6. The molecule has 1 aromatic heterocycles. The molecule has 2 rings (SSSR count). The highest BCUT2D eigenvalue weighted by Gasteiger charge is 2.23. The molecule has 0 radical (unpaired) electrons. The van der Waals surface area contributed by atoms with E-state index in [0.717, 1.165) is 18.2 Å². The van der Waals surface area contributed by atoms with Crippen LogP contribution >= 0.6 is 11.3 Å². The van der Waals surface area contributed by atoms with Crippen LogP contribution in [-0.4, -0.2) is 44.5 Å². The quantitative estimate of drug-likeness (QED) is 0.883. The molecule has 1 saturated heterocycles. The Morgan fingerprint density at radius 3 is 2.74 bits per heavy atom. The summed E-state index contributed by atoms with van der Waals surface area (Å²) in [6.45, 7) is 7.32. The van der Waals surface area contributed by atoms with E-state index in [1.54, 1.807) is 11.3 Å². The molecule has 2 heterocycles. The molecule has 0 aromatic carbocycles. The number of nitrogens with one attached hydrogen (secondary N) is 1. The molecule has 0 amide bonds. The molecule has 7 heteroatoms. The van der Waals surface area contributed by atoms with Crippen LogP contribution < -0.4 is 10.2 Å². The highest BCUT2D eigenvalue weighted by Crippen LogP contribution is 2.23. The monoisotopic (exact) mass is 303 g/mol. The molecule has 1 aliphatic rings. The van der Waals surface area contributed by atoms with E-state index < -0.39 is 9.84 Å². The van der Waals surface area contributed by atoms with Crippen LogP contribution in [0.5, 0.6) is 0 Å². The Morgan fingerprint density at radius 1 is 1.42 bits per heavy atom. The number of hydrogen-bond donors (Lipinski definition) is 1. The van der Waals surface area contributed by atoms with Crippen molar-refractivity contribution in [2.24, 2.45) is 5.92 Å². The van der Waals surface area contributed by atoms with Gasteiger partial charge in [0.2, 0.25) is 0 Å². The number of rotatable bonds is 5. The third kappa shape index (κ3) is 4.43. The van der Waals surface area contributed by atoms with Crippen LogP contribution in [-0.2, 0) is 16.4 Å². The van der Waals surface area contributed by atoms with Gasteiger partial charge in [0.25, 0.3) is 0 Å². The highest BCUT2D eigenvalue weighted by atomic mass is 32.2. The number of thiazole rings is 1. The summed E-state index contributed by atoms with van der Waals surface area (Å²) in [4.78, 5) is 7.66. The van der Waals surface area contributed by atoms with Gasteiger partial charge in [-0.3, -0.25) is 0 Å². The molecule has 19 heavy (non-hydrogen) atoms. The van der Waals surface area contributed by atoms with E-state index in [2.05, 4.69) is 29.0 Å². The first kappa shape index (κ1) is 14.7. The zero-order chi connectivity index (χ0) is 13.9. The van der Waals surface area contributed by atoms with Gasteiger partial charge in [-0.1, -0.05) is 13.8 Å². The van der Waals surface area contributed by atoms with Crippen LogP contribution in [0.4, 0.5) is 5.13 Å². The Bertz CT molecular complexity index is 497. The summed E-state index contributed by atoms with van der Waals surface area (Å²) in [5.74, 6) is 1.13. The van der Waals surface area contributed by atoms with Crippen LogP contribution in [0.2, 0.25) is 0 Å². The summed E-state index contributed by atoms with van der Waals surface area (Å²) in [6.07, 6.45) is 1.89. The minimum atomic E-state index is -2.82. The van der Waals surface area contributed by atoms with Gasteiger partial charge in [0, 0.05) is 30.7 Å². The maximum atomic E-state index is 11.4. The molecular formula is C12H21N3O2S2. The minimum Gasteiger partial charge on any atom is -0.346 e. The first-order chi connectivity index (χ1) is 8.96. The van der Waals surface area contributed by atoms with Crippen molar-refractivity contribution >= 4 is 26.3 Å². The van der Waals surface area contributed by atoms with Crippen molar-refractivity contribution in [2.75, 3.05) is 36.0 Å². The summed E-state index contributed by atoms with van der Waals surface area (Å²) in [5.41, 5.74) is 0. The lowest BCUT2D eigenvalue weighted by molar-refractivity contribution is 0.554. The maximum Gasteiger partial charge on any atom is 0.185 e. The van der Waals surface area contributed by atoms with Gasteiger partial charge in [0.15, 0.2) is 15.0 Å². The third-order valence-electron chi connectivity index (χ3n) is 3.01. The lowest BCUT2D eigenvalue weighted by atomic mass is 10.2. The Morgan fingerprint density at radius 2 is 2.11 bits per heavy atom. The number of anilines is 1. The summed E-state index contributed by atoms with van der Waals surface area (Å²) in [5, 5.41) is 4.33. The highest BCUT2D eigenvalue weighted by molar-refractivity contribution is 7.91. The molecule has 0 saturated carbocycles. The first-order valence-electron chi connectivity index (χ1n) is 6.57. The van der Waals surface area contributed by atoms with Crippen LogP contribution in [0.1, 0.15) is 18.7 Å². The second kappa shape index (κ2) is 6.19. The van der Waals surface area contributed by atoms with Crippen LogP contribution in [0, 0.1) is 5.92 Å². The summed E-state index contributed by atoms with van der Waals surface area (Å²) >= 11 is 1.65. The van der Waals surface area contributed by atoms with Crippen molar-refractivity contribution in [3.05, 3.63) is 11.1 Å². The van der Waals surface area contributed by atoms with Gasteiger partial charge in [-0.25, -0.2) is 13.4 Å². The van der Waals surface area contributed by atoms with Gasteiger partial charge < -0.3 is 10.2 Å². The van der Waals surface area contributed by atoms with E-state index in [1.165, 1.54) is 4.88 Å². The topological polar surface area (TPSA) is 62.3 Å². The fraction of sp³-hybridized carbons (Fsp3) is 0.750. The van der Waals surface area contributed by atoms with Gasteiger partial charge in [-0.05, 0) is 12.5 Å². The first-order valence-corrected chi connectivity index (χ1v) is 9.21. The van der Waals surface area contributed by atoms with E-state index in [0.29, 0.717) is 19.0 Å². The van der Waals surface area contributed by atoms with E-state index in [1.807, 2.05) is 6.20 Å². The van der Waals surface area contributed by atoms with E-state index in [9.17, 15) is 8.42 Å². The average Bonchev–Trinajstić information content (AvgIpc) is 2.77. The largest absolute Gasteiger partial charge is 0.346 e. The van der Waals surface area contributed by atoms with Crippen molar-refractivity contribution in [2.45, 2.75) is 20.4 Å². The van der Waals surface area contributed by atoms with Crippen LogP contribution in [0.15, 0.2) is 6.20 Å². The third-order valence-corrected chi connectivity index (χ3v) is 5.68. The standard InChI is InChI=1S/C12H21N3O2S2/c1-10(2)7-13-8-11-9-14-12(18-11)15-3-5-19(16,17)6-4-15/h9-10,13H,3-8H2,1-2H3. The predicted molar refractivity (Wildman–Crippen MR) is 79.5 cm³/mol. The van der Waals surface area contributed by atoms with E-state index in [4.69, 9.17) is 0 Å². The van der Waals surface area contributed by atoms with Crippen molar-refractivity contribution in [3.63, 3.8) is 0 Å². The molecule has 108 valence electrons. The molecule has 1 aromatic rings. The van der Waals surface area contributed by atoms with Gasteiger partial charge in [-0.2, -0.15) is 0 Å². The van der Waals surface area contributed by atoms with Crippen molar-refractivity contribution in [1.82, 2.24) is 10.3 Å².